The van der Waals surface area contributed by atoms with Gasteiger partial charge < -0.3 is 5.73 Å². The molecule has 0 heterocycles. The third-order valence-electron chi connectivity index (χ3n) is 2.45. The van der Waals surface area contributed by atoms with Crippen LogP contribution in [0, 0.1) is 5.92 Å². The Morgan fingerprint density at radius 2 is 1.73 bits per heavy atom. The standard InChI is InChI=1S/C8H15F2N/c9-8(10)6-4-2-1-3-5-7(6)11/h6-8H,1-5,11H2/t6-,7-/m1/s1. The van der Waals surface area contributed by atoms with Gasteiger partial charge in [-0.1, -0.05) is 19.3 Å². The summed E-state index contributed by atoms with van der Waals surface area (Å²) in [5.41, 5.74) is 5.60. The second-order valence-corrected chi connectivity index (χ2v) is 3.30. The van der Waals surface area contributed by atoms with Crippen LogP contribution in [-0.2, 0) is 0 Å². The van der Waals surface area contributed by atoms with Gasteiger partial charge in [-0.15, -0.1) is 0 Å². The average molecular weight is 163 g/mol. The molecule has 1 rings (SSSR count). The number of hydrogen-bond donors (Lipinski definition) is 1. The first kappa shape index (κ1) is 8.91. The zero-order valence-corrected chi connectivity index (χ0v) is 6.60. The molecule has 0 spiro atoms. The van der Waals surface area contributed by atoms with Crippen molar-refractivity contribution in [2.75, 3.05) is 0 Å². The molecule has 1 nitrogen and oxygen atoms in total. The predicted octanol–water partition coefficient (Wildman–Crippen LogP) is 2.16. The van der Waals surface area contributed by atoms with E-state index < -0.39 is 12.3 Å². The molecule has 2 atom stereocenters. The third-order valence-corrected chi connectivity index (χ3v) is 2.45. The van der Waals surface area contributed by atoms with E-state index >= 15 is 0 Å². The molecule has 0 aromatic carbocycles. The molecule has 1 aliphatic rings. The van der Waals surface area contributed by atoms with Gasteiger partial charge >= 0.3 is 0 Å². The van der Waals surface area contributed by atoms with Crippen molar-refractivity contribution in [3.63, 3.8) is 0 Å². The highest BCUT2D eigenvalue weighted by molar-refractivity contribution is 4.77. The Morgan fingerprint density at radius 1 is 1.09 bits per heavy atom. The van der Waals surface area contributed by atoms with Gasteiger partial charge in [0.05, 0.1) is 0 Å². The minimum atomic E-state index is -2.22. The Bertz CT molecular complexity index is 117. The topological polar surface area (TPSA) is 26.0 Å². The fourth-order valence-corrected chi connectivity index (χ4v) is 1.68. The van der Waals surface area contributed by atoms with Crippen LogP contribution >= 0.6 is 0 Å². The molecule has 0 unspecified atom stereocenters. The maximum Gasteiger partial charge on any atom is 0.242 e. The normalized spacial score (nSPS) is 33.8. The summed E-state index contributed by atoms with van der Waals surface area (Å²) in [7, 11) is 0. The second kappa shape index (κ2) is 4.00. The van der Waals surface area contributed by atoms with Gasteiger partial charge in [-0.2, -0.15) is 0 Å². The van der Waals surface area contributed by atoms with Crippen LogP contribution in [0.15, 0.2) is 0 Å². The number of hydrogen-bond acceptors (Lipinski definition) is 1. The van der Waals surface area contributed by atoms with Crippen LogP contribution in [-0.4, -0.2) is 12.5 Å². The molecule has 11 heavy (non-hydrogen) atoms. The maximum atomic E-state index is 12.3. The maximum absolute atomic E-state index is 12.3. The molecule has 66 valence electrons. The third kappa shape index (κ3) is 2.40. The summed E-state index contributed by atoms with van der Waals surface area (Å²) >= 11 is 0. The van der Waals surface area contributed by atoms with Crippen LogP contribution < -0.4 is 5.73 Å². The summed E-state index contributed by atoms with van der Waals surface area (Å²) in [6.45, 7) is 0. The first-order valence-corrected chi connectivity index (χ1v) is 4.25. The zero-order chi connectivity index (χ0) is 8.27. The van der Waals surface area contributed by atoms with Gasteiger partial charge in [0.1, 0.15) is 0 Å². The van der Waals surface area contributed by atoms with E-state index in [4.69, 9.17) is 5.73 Å². The predicted molar refractivity (Wildman–Crippen MR) is 40.6 cm³/mol. The van der Waals surface area contributed by atoms with Crippen LogP contribution in [0.1, 0.15) is 32.1 Å². The number of halogens is 2. The molecule has 1 fully saturated rings. The van der Waals surface area contributed by atoms with Crippen molar-refractivity contribution in [3.05, 3.63) is 0 Å². The van der Waals surface area contributed by atoms with Crippen molar-refractivity contribution in [1.82, 2.24) is 0 Å². The summed E-state index contributed by atoms with van der Waals surface area (Å²) in [6.07, 6.45) is 2.17. The zero-order valence-electron chi connectivity index (χ0n) is 6.60. The quantitative estimate of drug-likeness (QED) is 0.589. The fraction of sp³-hybridized carbons (Fsp3) is 1.00. The Hall–Kier alpha value is -0.180. The van der Waals surface area contributed by atoms with Gasteiger partial charge in [0.25, 0.3) is 0 Å². The summed E-state index contributed by atoms with van der Waals surface area (Å²) in [5, 5.41) is 0. The van der Waals surface area contributed by atoms with Crippen molar-refractivity contribution in [1.29, 1.82) is 0 Å². The monoisotopic (exact) mass is 163 g/mol. The van der Waals surface area contributed by atoms with E-state index in [1.54, 1.807) is 0 Å². The molecular weight excluding hydrogens is 148 g/mol. The molecule has 0 aliphatic heterocycles. The van der Waals surface area contributed by atoms with E-state index in [2.05, 4.69) is 0 Å². The van der Waals surface area contributed by atoms with Gasteiger partial charge in [-0.25, -0.2) is 8.78 Å². The second-order valence-electron chi connectivity index (χ2n) is 3.30. The lowest BCUT2D eigenvalue weighted by molar-refractivity contribution is 0.0591. The van der Waals surface area contributed by atoms with Crippen LogP contribution in [0.5, 0.6) is 0 Å². The van der Waals surface area contributed by atoms with Crippen molar-refractivity contribution in [2.45, 2.75) is 44.6 Å². The smallest absolute Gasteiger partial charge is 0.242 e. The largest absolute Gasteiger partial charge is 0.327 e. The average Bonchev–Trinajstić information content (AvgIpc) is 2.13. The van der Waals surface area contributed by atoms with Crippen molar-refractivity contribution in [2.24, 2.45) is 11.7 Å². The lowest BCUT2D eigenvalue weighted by Crippen LogP contribution is -2.33. The highest BCUT2D eigenvalue weighted by Gasteiger charge is 2.27. The fourth-order valence-electron chi connectivity index (χ4n) is 1.68. The van der Waals surface area contributed by atoms with Gasteiger partial charge in [0.15, 0.2) is 0 Å². The molecule has 0 bridgehead atoms. The highest BCUT2D eigenvalue weighted by atomic mass is 19.3. The SMILES string of the molecule is N[C@@H]1CCCCC[C@H]1C(F)F. The Kier molecular flexibility index (Phi) is 3.24. The molecular formula is C8H15F2N. The molecule has 0 aromatic heterocycles. The minimum Gasteiger partial charge on any atom is -0.327 e. The summed E-state index contributed by atoms with van der Waals surface area (Å²) < 4.78 is 24.5. The lowest BCUT2D eigenvalue weighted by atomic mass is 9.96. The highest BCUT2D eigenvalue weighted by Crippen LogP contribution is 2.26. The minimum absolute atomic E-state index is 0.266. The molecule has 1 saturated carbocycles. The molecule has 0 amide bonds. The van der Waals surface area contributed by atoms with E-state index in [0.717, 1.165) is 25.7 Å². The van der Waals surface area contributed by atoms with Crippen LogP contribution in [0.4, 0.5) is 8.78 Å². The van der Waals surface area contributed by atoms with E-state index in [0.29, 0.717) is 6.42 Å². The molecule has 0 radical (unpaired) electrons. The van der Waals surface area contributed by atoms with Crippen LogP contribution in [0.2, 0.25) is 0 Å². The summed E-state index contributed by atoms with van der Waals surface area (Å²) in [4.78, 5) is 0. The molecule has 0 saturated heterocycles. The number of rotatable bonds is 1. The summed E-state index contributed by atoms with van der Waals surface area (Å²) in [5.74, 6) is -0.544. The lowest BCUT2D eigenvalue weighted by Gasteiger charge is -2.19. The summed E-state index contributed by atoms with van der Waals surface area (Å²) in [6, 6.07) is -0.266. The Balaban J connectivity index is 2.45. The van der Waals surface area contributed by atoms with Gasteiger partial charge in [0, 0.05) is 12.0 Å². The first-order valence-electron chi connectivity index (χ1n) is 4.25. The van der Waals surface area contributed by atoms with E-state index in [9.17, 15) is 8.78 Å². The molecule has 3 heteroatoms. The van der Waals surface area contributed by atoms with E-state index in [-0.39, 0.29) is 6.04 Å². The molecule has 0 aromatic rings. The van der Waals surface area contributed by atoms with Gasteiger partial charge in [0.2, 0.25) is 6.43 Å². The first-order chi connectivity index (χ1) is 5.22. The van der Waals surface area contributed by atoms with Gasteiger partial charge in [-0.3, -0.25) is 0 Å². The van der Waals surface area contributed by atoms with Crippen LogP contribution in [0.25, 0.3) is 0 Å². The van der Waals surface area contributed by atoms with Crippen molar-refractivity contribution >= 4 is 0 Å². The van der Waals surface area contributed by atoms with E-state index in [1.807, 2.05) is 0 Å². The Labute approximate surface area is 66.0 Å². The number of alkyl halides is 2. The van der Waals surface area contributed by atoms with Crippen molar-refractivity contribution < 1.29 is 8.78 Å². The van der Waals surface area contributed by atoms with Crippen molar-refractivity contribution in [3.8, 4) is 0 Å². The molecule has 2 N–H and O–H groups in total. The Morgan fingerprint density at radius 3 is 2.36 bits per heavy atom. The van der Waals surface area contributed by atoms with Gasteiger partial charge in [-0.05, 0) is 12.8 Å². The molecule has 1 aliphatic carbocycles. The number of nitrogens with two attached hydrogens (primary N) is 1. The van der Waals surface area contributed by atoms with Crippen LogP contribution in [0.3, 0.4) is 0 Å². The van der Waals surface area contributed by atoms with E-state index in [1.165, 1.54) is 0 Å².